The van der Waals surface area contributed by atoms with Gasteiger partial charge in [0.05, 0.1) is 12.7 Å². The molecule has 3 heteroatoms. The third kappa shape index (κ3) is 2.25. The number of hydrogen-bond acceptors (Lipinski definition) is 3. The predicted octanol–water partition coefficient (Wildman–Crippen LogP) is 1.13. The molecule has 60 valence electrons. The van der Waals surface area contributed by atoms with Crippen molar-refractivity contribution in [1.29, 1.82) is 0 Å². The Morgan fingerprint density at radius 2 is 2.40 bits per heavy atom. The van der Waals surface area contributed by atoms with E-state index in [0.29, 0.717) is 6.61 Å². The van der Waals surface area contributed by atoms with Gasteiger partial charge in [0.15, 0.2) is 0 Å². The molecule has 0 N–H and O–H groups in total. The fourth-order valence-electron chi connectivity index (χ4n) is 0.851. The van der Waals surface area contributed by atoms with Gasteiger partial charge in [0.1, 0.15) is 0 Å². The van der Waals surface area contributed by atoms with Gasteiger partial charge in [0.2, 0.25) is 0 Å². The number of rotatable bonds is 2. The van der Waals surface area contributed by atoms with Crippen LogP contribution in [0.2, 0.25) is 0 Å². The number of ether oxygens (including phenoxy) is 3. The molecule has 2 atom stereocenters. The molecule has 0 bridgehead atoms. The summed E-state index contributed by atoms with van der Waals surface area (Å²) in [5.74, 6) is 0. The summed E-state index contributed by atoms with van der Waals surface area (Å²) in [5.41, 5.74) is 0. The summed E-state index contributed by atoms with van der Waals surface area (Å²) in [6.07, 6.45) is 1.23. The van der Waals surface area contributed by atoms with Crippen LogP contribution in [0.1, 0.15) is 20.3 Å². The summed E-state index contributed by atoms with van der Waals surface area (Å²) < 4.78 is 15.5. The van der Waals surface area contributed by atoms with Crippen LogP contribution in [0.4, 0.5) is 0 Å². The highest BCUT2D eigenvalue weighted by Gasteiger charge is 2.18. The maximum absolute atomic E-state index is 5.28. The molecule has 1 aliphatic rings. The van der Waals surface area contributed by atoms with Gasteiger partial charge >= 0.3 is 0 Å². The quantitative estimate of drug-likeness (QED) is 0.584. The zero-order valence-corrected chi connectivity index (χ0v) is 6.50. The molecule has 0 spiro atoms. The largest absolute Gasteiger partial charge is 0.330 e. The molecule has 3 nitrogen and oxygen atoms in total. The Morgan fingerprint density at radius 1 is 1.60 bits per heavy atom. The lowest BCUT2D eigenvalue weighted by molar-refractivity contribution is -0.326. The first kappa shape index (κ1) is 7.98. The molecule has 0 aliphatic carbocycles. The molecule has 0 saturated carbocycles. The van der Waals surface area contributed by atoms with E-state index in [1.165, 1.54) is 0 Å². The molecule has 0 aromatic heterocycles. The van der Waals surface area contributed by atoms with Gasteiger partial charge in [-0.1, -0.05) is 0 Å². The standard InChI is InChI=1S/C7H14O3/c1-3-8-7-9-5-4-6(2)10-7/h6-7H,3-5H2,1-2H3. The van der Waals surface area contributed by atoms with Gasteiger partial charge in [0, 0.05) is 6.61 Å². The summed E-state index contributed by atoms with van der Waals surface area (Å²) in [5, 5.41) is 0. The summed E-state index contributed by atoms with van der Waals surface area (Å²) in [6, 6.07) is 0. The van der Waals surface area contributed by atoms with Gasteiger partial charge in [-0.2, -0.15) is 0 Å². The Balaban J connectivity index is 2.18. The SMILES string of the molecule is CCOC1OCCC(C)O1. The average Bonchev–Trinajstić information content (AvgIpc) is 1.88. The van der Waals surface area contributed by atoms with Gasteiger partial charge in [0.25, 0.3) is 6.48 Å². The summed E-state index contributed by atoms with van der Waals surface area (Å²) in [7, 11) is 0. The van der Waals surface area contributed by atoms with Crippen molar-refractivity contribution in [3.05, 3.63) is 0 Å². The lowest BCUT2D eigenvalue weighted by atomic mass is 10.3. The Bertz CT molecular complexity index is 92.9. The minimum Gasteiger partial charge on any atom is -0.330 e. The Morgan fingerprint density at radius 3 is 3.00 bits per heavy atom. The minimum absolute atomic E-state index is 0.269. The van der Waals surface area contributed by atoms with Crippen molar-refractivity contribution < 1.29 is 14.2 Å². The van der Waals surface area contributed by atoms with Crippen LogP contribution in [0.5, 0.6) is 0 Å². The fourth-order valence-corrected chi connectivity index (χ4v) is 0.851. The molecular weight excluding hydrogens is 132 g/mol. The van der Waals surface area contributed by atoms with Crippen LogP contribution in [0.15, 0.2) is 0 Å². The highest BCUT2D eigenvalue weighted by atomic mass is 16.8. The predicted molar refractivity (Wildman–Crippen MR) is 36.5 cm³/mol. The first-order valence-electron chi connectivity index (χ1n) is 3.71. The highest BCUT2D eigenvalue weighted by molar-refractivity contribution is 4.53. The molecular formula is C7H14O3. The molecule has 1 rings (SSSR count). The molecule has 0 aromatic carbocycles. The van der Waals surface area contributed by atoms with Crippen molar-refractivity contribution in [2.24, 2.45) is 0 Å². The van der Waals surface area contributed by atoms with Crippen molar-refractivity contribution in [2.75, 3.05) is 13.2 Å². The molecule has 10 heavy (non-hydrogen) atoms. The van der Waals surface area contributed by atoms with Gasteiger partial charge in [-0.05, 0) is 20.3 Å². The average molecular weight is 146 g/mol. The maximum atomic E-state index is 5.28. The zero-order valence-electron chi connectivity index (χ0n) is 6.50. The Hall–Kier alpha value is -0.120. The van der Waals surface area contributed by atoms with Crippen molar-refractivity contribution in [2.45, 2.75) is 32.8 Å². The Labute approximate surface area is 61.3 Å². The highest BCUT2D eigenvalue weighted by Crippen LogP contribution is 2.11. The summed E-state index contributed by atoms with van der Waals surface area (Å²) >= 11 is 0. The summed E-state index contributed by atoms with van der Waals surface area (Å²) in [6.45, 7) is 4.90. The molecule has 0 aromatic rings. The van der Waals surface area contributed by atoms with Crippen LogP contribution in [0.25, 0.3) is 0 Å². The third-order valence-electron chi connectivity index (χ3n) is 1.42. The van der Waals surface area contributed by atoms with Crippen LogP contribution in [0, 0.1) is 0 Å². The van der Waals surface area contributed by atoms with Crippen LogP contribution < -0.4 is 0 Å². The molecule has 1 fully saturated rings. The van der Waals surface area contributed by atoms with E-state index in [4.69, 9.17) is 14.2 Å². The molecule has 1 saturated heterocycles. The van der Waals surface area contributed by atoms with Crippen molar-refractivity contribution in [3.63, 3.8) is 0 Å². The fraction of sp³-hybridized carbons (Fsp3) is 1.00. The van der Waals surface area contributed by atoms with E-state index >= 15 is 0 Å². The lowest BCUT2D eigenvalue weighted by Gasteiger charge is -2.27. The van der Waals surface area contributed by atoms with E-state index in [-0.39, 0.29) is 6.10 Å². The lowest BCUT2D eigenvalue weighted by Crippen LogP contribution is -2.32. The third-order valence-corrected chi connectivity index (χ3v) is 1.42. The van der Waals surface area contributed by atoms with Gasteiger partial charge in [-0.25, -0.2) is 0 Å². The number of hydrogen-bond donors (Lipinski definition) is 0. The summed E-state index contributed by atoms with van der Waals surface area (Å²) in [4.78, 5) is 0. The molecule has 0 amide bonds. The second kappa shape index (κ2) is 3.91. The van der Waals surface area contributed by atoms with E-state index in [1.54, 1.807) is 0 Å². The van der Waals surface area contributed by atoms with E-state index in [2.05, 4.69) is 0 Å². The van der Waals surface area contributed by atoms with Gasteiger partial charge in [-0.15, -0.1) is 0 Å². The van der Waals surface area contributed by atoms with E-state index in [1.807, 2.05) is 13.8 Å². The second-order valence-corrected chi connectivity index (χ2v) is 2.35. The monoisotopic (exact) mass is 146 g/mol. The molecule has 1 aliphatic heterocycles. The van der Waals surface area contributed by atoms with Crippen LogP contribution in [-0.4, -0.2) is 25.8 Å². The topological polar surface area (TPSA) is 27.7 Å². The van der Waals surface area contributed by atoms with Gasteiger partial charge < -0.3 is 14.2 Å². The molecule has 1 heterocycles. The van der Waals surface area contributed by atoms with Crippen molar-refractivity contribution in [1.82, 2.24) is 0 Å². The van der Waals surface area contributed by atoms with Gasteiger partial charge in [-0.3, -0.25) is 0 Å². The minimum atomic E-state index is -0.422. The van der Waals surface area contributed by atoms with Crippen LogP contribution in [-0.2, 0) is 14.2 Å². The first-order valence-corrected chi connectivity index (χ1v) is 3.71. The maximum Gasteiger partial charge on any atom is 0.271 e. The van der Waals surface area contributed by atoms with Crippen molar-refractivity contribution >= 4 is 0 Å². The van der Waals surface area contributed by atoms with Crippen molar-refractivity contribution in [3.8, 4) is 0 Å². The van der Waals surface area contributed by atoms with Crippen LogP contribution in [0.3, 0.4) is 0 Å². The second-order valence-electron chi connectivity index (χ2n) is 2.35. The molecule has 0 radical (unpaired) electrons. The van der Waals surface area contributed by atoms with Crippen LogP contribution >= 0.6 is 0 Å². The van der Waals surface area contributed by atoms with E-state index < -0.39 is 6.48 Å². The Kier molecular flexibility index (Phi) is 3.12. The van der Waals surface area contributed by atoms with E-state index in [9.17, 15) is 0 Å². The van der Waals surface area contributed by atoms with E-state index in [0.717, 1.165) is 13.0 Å². The smallest absolute Gasteiger partial charge is 0.271 e. The molecule has 2 unspecified atom stereocenters. The first-order chi connectivity index (χ1) is 4.83. The normalized spacial score (nSPS) is 34.2. The zero-order chi connectivity index (χ0) is 7.40.